The molecule has 0 fully saturated rings. The highest BCUT2D eigenvalue weighted by molar-refractivity contribution is 5.86. The van der Waals surface area contributed by atoms with E-state index in [1.807, 2.05) is 60.7 Å². The highest BCUT2D eigenvalue weighted by atomic mass is 16.2. The molecular formula is C23H16N6O2. The Morgan fingerprint density at radius 3 is 2.06 bits per heavy atom. The molecule has 0 bridgehead atoms. The maximum atomic E-state index is 13.1. The number of benzene rings is 2. The van der Waals surface area contributed by atoms with Gasteiger partial charge in [-0.1, -0.05) is 60.7 Å². The van der Waals surface area contributed by atoms with Crippen molar-refractivity contribution in [2.24, 2.45) is 14.1 Å². The van der Waals surface area contributed by atoms with Crippen LogP contribution in [0.3, 0.4) is 0 Å². The summed E-state index contributed by atoms with van der Waals surface area (Å²) in [6, 6.07) is 21.0. The molecule has 0 spiro atoms. The van der Waals surface area contributed by atoms with E-state index in [-0.39, 0.29) is 16.9 Å². The van der Waals surface area contributed by atoms with Crippen molar-refractivity contribution in [2.45, 2.75) is 0 Å². The van der Waals surface area contributed by atoms with Gasteiger partial charge in [-0.05, 0) is 0 Å². The summed E-state index contributed by atoms with van der Waals surface area (Å²) in [5, 5.41) is 10.2. The van der Waals surface area contributed by atoms with E-state index in [2.05, 4.69) is 16.0 Å². The number of nitriles is 1. The minimum atomic E-state index is -0.499. The number of imidazole rings is 1. The third-order valence-corrected chi connectivity index (χ3v) is 5.36. The van der Waals surface area contributed by atoms with Crippen LogP contribution in [0.1, 0.15) is 5.56 Å². The first-order valence-corrected chi connectivity index (χ1v) is 9.56. The SMILES string of the molecule is Cn1c(=O)c2c(nc3nc(-c4ccccc4)c(C#N)c(-c4ccccc4)n32)n(C)c1=O. The monoisotopic (exact) mass is 408 g/mol. The van der Waals surface area contributed by atoms with Gasteiger partial charge in [0.15, 0.2) is 11.2 Å². The molecular weight excluding hydrogens is 392 g/mol. The van der Waals surface area contributed by atoms with Gasteiger partial charge in [-0.25, -0.2) is 9.78 Å². The second-order valence-electron chi connectivity index (χ2n) is 7.15. The second kappa shape index (κ2) is 6.78. The first-order valence-electron chi connectivity index (χ1n) is 9.56. The van der Waals surface area contributed by atoms with Gasteiger partial charge in [0.1, 0.15) is 11.6 Å². The van der Waals surface area contributed by atoms with Gasteiger partial charge in [0.2, 0.25) is 5.78 Å². The van der Waals surface area contributed by atoms with Gasteiger partial charge in [-0.15, -0.1) is 0 Å². The Morgan fingerprint density at radius 1 is 0.839 bits per heavy atom. The van der Waals surface area contributed by atoms with Gasteiger partial charge in [0.05, 0.1) is 11.4 Å². The van der Waals surface area contributed by atoms with Crippen molar-refractivity contribution in [3.8, 4) is 28.6 Å². The van der Waals surface area contributed by atoms with Crippen LogP contribution < -0.4 is 11.2 Å². The summed E-state index contributed by atoms with van der Waals surface area (Å²) in [5.41, 5.74) is 2.21. The largest absolute Gasteiger partial charge is 0.332 e. The number of fused-ring (bicyclic) bond motifs is 3. The number of hydrogen-bond acceptors (Lipinski definition) is 5. The van der Waals surface area contributed by atoms with Crippen LogP contribution >= 0.6 is 0 Å². The molecule has 0 saturated carbocycles. The summed E-state index contributed by atoms with van der Waals surface area (Å²) >= 11 is 0. The molecule has 0 amide bonds. The maximum Gasteiger partial charge on any atom is 0.332 e. The lowest BCUT2D eigenvalue weighted by atomic mass is 10.0. The van der Waals surface area contributed by atoms with Crippen LogP contribution in [-0.2, 0) is 14.1 Å². The normalized spacial score (nSPS) is 11.1. The highest BCUT2D eigenvalue weighted by Gasteiger charge is 2.24. The second-order valence-corrected chi connectivity index (χ2v) is 7.15. The van der Waals surface area contributed by atoms with Crippen LogP contribution in [0.25, 0.3) is 39.5 Å². The van der Waals surface area contributed by atoms with E-state index in [9.17, 15) is 14.9 Å². The highest BCUT2D eigenvalue weighted by Crippen LogP contribution is 2.32. The standard InChI is InChI=1S/C23H16N6O2/c1-27-20-19(21(30)28(2)23(27)31)29-18(15-11-7-4-8-12-15)16(13-24)17(25-22(29)26-20)14-9-5-3-6-10-14/h3-12H,1-2H3. The molecule has 3 heterocycles. The smallest absolute Gasteiger partial charge is 0.279 e. The zero-order valence-electron chi connectivity index (χ0n) is 16.8. The number of aromatic nitrogens is 5. The van der Waals surface area contributed by atoms with Gasteiger partial charge >= 0.3 is 5.69 Å². The van der Waals surface area contributed by atoms with Gasteiger partial charge in [-0.3, -0.25) is 18.3 Å². The van der Waals surface area contributed by atoms with E-state index in [1.54, 1.807) is 11.4 Å². The predicted molar refractivity (Wildman–Crippen MR) is 117 cm³/mol. The quantitative estimate of drug-likeness (QED) is 0.447. The molecule has 0 radical (unpaired) electrons. The zero-order valence-corrected chi connectivity index (χ0v) is 16.8. The molecule has 0 saturated heterocycles. The fourth-order valence-corrected chi connectivity index (χ4v) is 3.83. The summed E-state index contributed by atoms with van der Waals surface area (Å²) in [6.07, 6.45) is 0. The molecule has 8 nitrogen and oxygen atoms in total. The minimum Gasteiger partial charge on any atom is -0.279 e. The summed E-state index contributed by atoms with van der Waals surface area (Å²) in [7, 11) is 2.98. The van der Waals surface area contributed by atoms with Crippen molar-refractivity contribution in [1.29, 1.82) is 5.26 Å². The van der Waals surface area contributed by atoms with Crippen molar-refractivity contribution in [3.05, 3.63) is 87.1 Å². The molecule has 0 atom stereocenters. The van der Waals surface area contributed by atoms with Crippen molar-refractivity contribution in [3.63, 3.8) is 0 Å². The van der Waals surface area contributed by atoms with E-state index < -0.39 is 11.2 Å². The van der Waals surface area contributed by atoms with Crippen LogP contribution in [0.2, 0.25) is 0 Å². The van der Waals surface area contributed by atoms with E-state index in [4.69, 9.17) is 0 Å². The Morgan fingerprint density at radius 2 is 1.45 bits per heavy atom. The summed E-state index contributed by atoms with van der Waals surface area (Å²) < 4.78 is 3.92. The zero-order chi connectivity index (χ0) is 21.7. The van der Waals surface area contributed by atoms with Gasteiger partial charge in [0, 0.05) is 25.2 Å². The molecule has 0 aliphatic carbocycles. The summed E-state index contributed by atoms with van der Waals surface area (Å²) in [5.74, 6) is 0.241. The van der Waals surface area contributed by atoms with E-state index in [1.165, 1.54) is 11.6 Å². The van der Waals surface area contributed by atoms with Gasteiger partial charge in [-0.2, -0.15) is 10.2 Å². The van der Waals surface area contributed by atoms with Crippen LogP contribution in [0.15, 0.2) is 70.3 Å². The number of hydrogen-bond donors (Lipinski definition) is 0. The third-order valence-electron chi connectivity index (χ3n) is 5.36. The van der Waals surface area contributed by atoms with Gasteiger partial charge in [0.25, 0.3) is 5.56 Å². The fraction of sp³-hybridized carbons (Fsp3) is 0.0870. The lowest BCUT2D eigenvalue weighted by Gasteiger charge is -2.13. The van der Waals surface area contributed by atoms with Crippen molar-refractivity contribution < 1.29 is 0 Å². The van der Waals surface area contributed by atoms with Crippen LogP contribution in [0.4, 0.5) is 0 Å². The Balaban J connectivity index is 2.09. The average molecular weight is 408 g/mol. The molecule has 8 heteroatoms. The number of rotatable bonds is 2. The van der Waals surface area contributed by atoms with Gasteiger partial charge < -0.3 is 0 Å². The van der Waals surface area contributed by atoms with E-state index in [0.717, 1.165) is 15.7 Å². The molecule has 0 unspecified atom stereocenters. The first-order chi connectivity index (χ1) is 15.0. The van der Waals surface area contributed by atoms with Crippen molar-refractivity contribution in [1.82, 2.24) is 23.5 Å². The summed E-state index contributed by atoms with van der Waals surface area (Å²) in [4.78, 5) is 34.7. The Bertz CT molecular complexity index is 1640. The maximum absolute atomic E-state index is 13.1. The molecule has 5 aromatic rings. The van der Waals surface area contributed by atoms with E-state index >= 15 is 0 Å². The molecule has 2 aromatic carbocycles. The van der Waals surface area contributed by atoms with Crippen LogP contribution in [0, 0.1) is 11.3 Å². The van der Waals surface area contributed by atoms with E-state index in [0.29, 0.717) is 17.0 Å². The lowest BCUT2D eigenvalue weighted by Crippen LogP contribution is -2.37. The average Bonchev–Trinajstić information content (AvgIpc) is 3.20. The molecule has 0 aliphatic heterocycles. The van der Waals surface area contributed by atoms with Crippen molar-refractivity contribution in [2.75, 3.05) is 0 Å². The fourth-order valence-electron chi connectivity index (χ4n) is 3.83. The lowest BCUT2D eigenvalue weighted by molar-refractivity contribution is 0.708. The van der Waals surface area contributed by atoms with Crippen LogP contribution in [-0.4, -0.2) is 23.5 Å². The Labute approximate surface area is 175 Å². The predicted octanol–water partition coefficient (Wildman–Crippen LogP) is 2.49. The number of nitrogens with zero attached hydrogens (tertiary/aromatic N) is 6. The molecule has 31 heavy (non-hydrogen) atoms. The first kappa shape index (κ1) is 18.5. The molecule has 0 aliphatic rings. The topological polar surface area (TPSA) is 98.0 Å². The third kappa shape index (κ3) is 2.60. The minimum absolute atomic E-state index is 0.196. The van der Waals surface area contributed by atoms with Crippen LogP contribution in [0.5, 0.6) is 0 Å². The Kier molecular flexibility index (Phi) is 4.05. The molecule has 5 rings (SSSR count). The summed E-state index contributed by atoms with van der Waals surface area (Å²) in [6.45, 7) is 0. The molecule has 0 N–H and O–H groups in total. The molecule has 150 valence electrons. The Hall–Kier alpha value is -4.51. The van der Waals surface area contributed by atoms with Crippen molar-refractivity contribution >= 4 is 16.9 Å². The number of aryl methyl sites for hydroxylation is 1. The molecule has 3 aromatic heterocycles.